The summed E-state index contributed by atoms with van der Waals surface area (Å²) in [5.74, 6) is -0.309. The van der Waals surface area contributed by atoms with Crippen molar-refractivity contribution >= 4 is 5.97 Å². The van der Waals surface area contributed by atoms with Gasteiger partial charge < -0.3 is 5.11 Å². The Kier molecular flexibility index (Phi) is 4.16. The van der Waals surface area contributed by atoms with Gasteiger partial charge in [-0.05, 0) is 56.6 Å². The van der Waals surface area contributed by atoms with E-state index in [4.69, 9.17) is 10.4 Å². The van der Waals surface area contributed by atoms with Gasteiger partial charge in [0.05, 0.1) is 17.2 Å². The van der Waals surface area contributed by atoms with Crippen LogP contribution in [-0.2, 0) is 11.2 Å². The number of nitriles is 1. The lowest BCUT2D eigenvalue weighted by molar-refractivity contribution is -0.143. The maximum Gasteiger partial charge on any atom is 0.306 e. The molecule has 1 aromatic heterocycles. The Balaban J connectivity index is 1.96. The second kappa shape index (κ2) is 5.83. The van der Waals surface area contributed by atoms with E-state index in [1.54, 1.807) is 0 Å². The molecular weight excluding hydrogens is 240 g/mol. The number of nitrogens with zero attached hydrogens (tertiary/aromatic N) is 2. The number of carboxylic acids is 1. The predicted octanol–water partition coefficient (Wildman–Crippen LogP) is 2.70. The van der Waals surface area contributed by atoms with Crippen molar-refractivity contribution in [3.05, 3.63) is 29.1 Å². The van der Waals surface area contributed by atoms with Crippen LogP contribution in [0.4, 0.5) is 0 Å². The summed E-state index contributed by atoms with van der Waals surface area (Å²) in [6, 6.07) is 4.06. The van der Waals surface area contributed by atoms with Gasteiger partial charge in [-0.25, -0.2) is 0 Å². The largest absolute Gasteiger partial charge is 0.481 e. The normalized spacial score (nSPS) is 22.7. The molecule has 0 amide bonds. The molecule has 0 spiro atoms. The lowest BCUT2D eigenvalue weighted by atomic mass is 9.79. The molecule has 0 unspecified atom stereocenters. The maximum atomic E-state index is 10.9. The van der Waals surface area contributed by atoms with Gasteiger partial charge >= 0.3 is 5.97 Å². The molecular formula is C15H18N2O2. The summed E-state index contributed by atoms with van der Waals surface area (Å²) in [6.45, 7) is 1.83. The molecule has 1 N–H and O–H groups in total. The fraction of sp³-hybridized carbons (Fsp3) is 0.533. The van der Waals surface area contributed by atoms with Crippen molar-refractivity contribution in [2.75, 3.05) is 0 Å². The summed E-state index contributed by atoms with van der Waals surface area (Å²) in [7, 11) is 0. The van der Waals surface area contributed by atoms with E-state index in [2.05, 4.69) is 11.1 Å². The summed E-state index contributed by atoms with van der Waals surface area (Å²) < 4.78 is 0. The van der Waals surface area contributed by atoms with Gasteiger partial charge in [0.1, 0.15) is 6.07 Å². The van der Waals surface area contributed by atoms with E-state index < -0.39 is 5.97 Å². The number of hydrogen-bond acceptors (Lipinski definition) is 3. The number of aryl methyl sites for hydroxylation is 1. The maximum absolute atomic E-state index is 10.9. The first-order chi connectivity index (χ1) is 9.10. The minimum absolute atomic E-state index is 0.165. The number of carboxylic acid groups (broad SMARTS) is 1. The zero-order valence-corrected chi connectivity index (χ0v) is 11.1. The molecule has 4 heteroatoms. The summed E-state index contributed by atoms with van der Waals surface area (Å²) in [5.41, 5.74) is 2.48. The molecule has 0 aliphatic heterocycles. The van der Waals surface area contributed by atoms with Gasteiger partial charge in [0.15, 0.2) is 0 Å². The second-order valence-electron chi connectivity index (χ2n) is 5.35. The zero-order valence-electron chi connectivity index (χ0n) is 11.1. The smallest absolute Gasteiger partial charge is 0.306 e. The molecule has 19 heavy (non-hydrogen) atoms. The van der Waals surface area contributed by atoms with Gasteiger partial charge in [0.25, 0.3) is 0 Å². The Bertz CT molecular complexity index is 511. The Morgan fingerprint density at radius 2 is 2.16 bits per heavy atom. The second-order valence-corrected chi connectivity index (χ2v) is 5.35. The van der Waals surface area contributed by atoms with Crippen LogP contribution in [0.2, 0.25) is 0 Å². The van der Waals surface area contributed by atoms with E-state index >= 15 is 0 Å². The van der Waals surface area contributed by atoms with E-state index in [0.717, 1.165) is 43.4 Å². The van der Waals surface area contributed by atoms with Crippen LogP contribution in [0.15, 0.2) is 12.3 Å². The van der Waals surface area contributed by atoms with Crippen molar-refractivity contribution in [2.45, 2.75) is 39.0 Å². The van der Waals surface area contributed by atoms with Gasteiger partial charge in [-0.3, -0.25) is 9.78 Å². The van der Waals surface area contributed by atoms with Crippen molar-refractivity contribution < 1.29 is 9.90 Å². The summed E-state index contributed by atoms with van der Waals surface area (Å²) in [4.78, 5) is 15.1. The van der Waals surface area contributed by atoms with Crippen LogP contribution in [0.3, 0.4) is 0 Å². The molecule has 0 atom stereocenters. The molecule has 1 aromatic rings. The summed E-state index contributed by atoms with van der Waals surface area (Å²) in [5, 5.41) is 18.0. The molecule has 1 fully saturated rings. The quantitative estimate of drug-likeness (QED) is 0.904. The highest BCUT2D eigenvalue weighted by molar-refractivity contribution is 5.69. The zero-order chi connectivity index (χ0) is 13.8. The van der Waals surface area contributed by atoms with Crippen LogP contribution in [-0.4, -0.2) is 16.1 Å². The van der Waals surface area contributed by atoms with Crippen molar-refractivity contribution in [3.63, 3.8) is 0 Å². The van der Waals surface area contributed by atoms with E-state index in [0.29, 0.717) is 11.5 Å². The van der Waals surface area contributed by atoms with Crippen LogP contribution in [0.5, 0.6) is 0 Å². The van der Waals surface area contributed by atoms with Crippen molar-refractivity contribution in [2.24, 2.45) is 11.8 Å². The van der Waals surface area contributed by atoms with Gasteiger partial charge in [0.2, 0.25) is 0 Å². The van der Waals surface area contributed by atoms with E-state index in [9.17, 15) is 4.79 Å². The fourth-order valence-electron chi connectivity index (χ4n) is 2.75. The Labute approximate surface area is 113 Å². The number of pyridine rings is 1. The van der Waals surface area contributed by atoms with Crippen molar-refractivity contribution in [1.82, 2.24) is 4.98 Å². The molecule has 0 saturated heterocycles. The van der Waals surface area contributed by atoms with E-state index in [-0.39, 0.29) is 5.92 Å². The highest BCUT2D eigenvalue weighted by Crippen LogP contribution is 2.31. The fourth-order valence-corrected chi connectivity index (χ4v) is 2.75. The molecule has 2 rings (SSSR count). The number of aliphatic carboxylic acids is 1. The van der Waals surface area contributed by atoms with Gasteiger partial charge in [0, 0.05) is 6.20 Å². The molecule has 0 radical (unpaired) electrons. The molecule has 1 aliphatic rings. The lowest BCUT2D eigenvalue weighted by Crippen LogP contribution is -2.22. The minimum Gasteiger partial charge on any atom is -0.481 e. The van der Waals surface area contributed by atoms with Crippen molar-refractivity contribution in [1.29, 1.82) is 5.26 Å². The Morgan fingerprint density at radius 1 is 1.47 bits per heavy atom. The van der Waals surface area contributed by atoms with Crippen LogP contribution < -0.4 is 0 Å². The van der Waals surface area contributed by atoms with Gasteiger partial charge in [-0.1, -0.05) is 0 Å². The van der Waals surface area contributed by atoms with Crippen LogP contribution in [0, 0.1) is 30.1 Å². The number of rotatable bonds is 3. The highest BCUT2D eigenvalue weighted by atomic mass is 16.4. The van der Waals surface area contributed by atoms with Crippen LogP contribution in [0.1, 0.15) is 42.5 Å². The molecule has 1 heterocycles. The standard InChI is InChI=1S/C15H18N2O2/c1-10-14(8-16)7-12(9-17-10)6-11-2-4-13(5-3-11)15(18)19/h7,9,11,13H,2-6H2,1H3,(H,18,19)/t11-,13-. The summed E-state index contributed by atoms with van der Waals surface area (Å²) in [6.07, 6.45) is 6.17. The average Bonchev–Trinajstić information content (AvgIpc) is 2.41. The van der Waals surface area contributed by atoms with E-state index in [1.165, 1.54) is 0 Å². The third-order valence-electron chi connectivity index (χ3n) is 3.98. The lowest BCUT2D eigenvalue weighted by Gasteiger charge is -2.26. The molecule has 4 nitrogen and oxygen atoms in total. The minimum atomic E-state index is -0.665. The van der Waals surface area contributed by atoms with Crippen LogP contribution in [0.25, 0.3) is 0 Å². The van der Waals surface area contributed by atoms with Gasteiger partial charge in [-0.2, -0.15) is 5.26 Å². The van der Waals surface area contributed by atoms with E-state index in [1.807, 2.05) is 19.2 Å². The third-order valence-corrected chi connectivity index (χ3v) is 3.98. The first kappa shape index (κ1) is 13.5. The molecule has 1 saturated carbocycles. The Hall–Kier alpha value is -1.89. The third kappa shape index (κ3) is 3.31. The topological polar surface area (TPSA) is 74.0 Å². The van der Waals surface area contributed by atoms with Gasteiger partial charge in [-0.15, -0.1) is 0 Å². The number of aromatic nitrogens is 1. The molecule has 0 bridgehead atoms. The molecule has 1 aliphatic carbocycles. The SMILES string of the molecule is Cc1ncc(C[C@H]2CC[C@H](C(=O)O)CC2)cc1C#N. The average molecular weight is 258 g/mol. The first-order valence-electron chi connectivity index (χ1n) is 6.68. The Morgan fingerprint density at radius 3 is 2.74 bits per heavy atom. The van der Waals surface area contributed by atoms with Crippen LogP contribution >= 0.6 is 0 Å². The number of hydrogen-bond donors (Lipinski definition) is 1. The molecule has 0 aromatic carbocycles. The predicted molar refractivity (Wildman–Crippen MR) is 70.5 cm³/mol. The van der Waals surface area contributed by atoms with Crippen molar-refractivity contribution in [3.8, 4) is 6.07 Å². The monoisotopic (exact) mass is 258 g/mol. The molecule has 100 valence electrons. The summed E-state index contributed by atoms with van der Waals surface area (Å²) >= 11 is 0. The number of carbonyl (C=O) groups is 1. The first-order valence-corrected chi connectivity index (χ1v) is 6.68. The highest BCUT2D eigenvalue weighted by Gasteiger charge is 2.25.